The zero-order chi connectivity index (χ0) is 16.8. The maximum atomic E-state index is 12.4. The van der Waals surface area contributed by atoms with Crippen molar-refractivity contribution in [3.05, 3.63) is 0 Å². The van der Waals surface area contributed by atoms with Gasteiger partial charge >= 0.3 is 6.03 Å². The van der Waals surface area contributed by atoms with Gasteiger partial charge in [0.1, 0.15) is 6.04 Å². The van der Waals surface area contributed by atoms with Crippen LogP contribution in [0, 0.1) is 5.92 Å². The first-order valence-electron chi connectivity index (χ1n) is 8.60. The van der Waals surface area contributed by atoms with Crippen molar-refractivity contribution in [1.82, 2.24) is 15.1 Å². The lowest BCUT2D eigenvalue weighted by Gasteiger charge is -2.36. The Morgan fingerprint density at radius 2 is 1.61 bits per heavy atom. The normalized spacial score (nSPS) is 20.9. The Balaban J connectivity index is 1.75. The van der Waals surface area contributed by atoms with Crippen molar-refractivity contribution in [2.45, 2.75) is 51.5 Å². The minimum atomic E-state index is -0.702. The second kappa shape index (κ2) is 8.17. The van der Waals surface area contributed by atoms with Gasteiger partial charge in [0, 0.05) is 32.6 Å². The summed E-state index contributed by atoms with van der Waals surface area (Å²) in [5, 5.41) is 2.40. The predicted molar refractivity (Wildman–Crippen MR) is 86.5 cm³/mol. The van der Waals surface area contributed by atoms with Crippen molar-refractivity contribution in [3.8, 4) is 0 Å². The number of nitrogens with two attached hydrogens (primary N) is 1. The van der Waals surface area contributed by atoms with Gasteiger partial charge in [-0.05, 0) is 25.7 Å². The standard InChI is InChI=1S/C16H28N4O3/c1-12(18-16(17)23)15(22)20-9-7-19(8-10-20)14(21)11-13-5-3-2-4-6-13/h12-13H,2-11H2,1H3,(H3,17,18,23). The predicted octanol–water partition coefficient (Wildman–Crippen LogP) is 0.684. The topological polar surface area (TPSA) is 95.7 Å². The molecule has 0 spiro atoms. The number of piperazine rings is 1. The first-order valence-corrected chi connectivity index (χ1v) is 8.60. The molecule has 2 aliphatic rings. The molecule has 0 aromatic rings. The SMILES string of the molecule is CC(NC(N)=O)C(=O)N1CCN(C(=O)CC2CCCCC2)CC1. The van der Waals surface area contributed by atoms with Crippen molar-refractivity contribution in [3.63, 3.8) is 0 Å². The largest absolute Gasteiger partial charge is 0.352 e. The Hall–Kier alpha value is -1.79. The average molecular weight is 324 g/mol. The highest BCUT2D eigenvalue weighted by Crippen LogP contribution is 2.27. The Morgan fingerprint density at radius 3 is 2.17 bits per heavy atom. The van der Waals surface area contributed by atoms with E-state index in [-0.39, 0.29) is 11.8 Å². The Labute approximate surface area is 137 Å². The molecule has 3 N–H and O–H groups in total. The van der Waals surface area contributed by atoms with Crippen molar-refractivity contribution >= 4 is 17.8 Å². The van der Waals surface area contributed by atoms with Gasteiger partial charge in [-0.3, -0.25) is 9.59 Å². The van der Waals surface area contributed by atoms with Crippen LogP contribution in [0.3, 0.4) is 0 Å². The fourth-order valence-electron chi connectivity index (χ4n) is 3.49. The molecule has 1 saturated heterocycles. The number of nitrogens with one attached hydrogen (secondary N) is 1. The minimum Gasteiger partial charge on any atom is -0.352 e. The molecule has 130 valence electrons. The number of primary amides is 1. The smallest absolute Gasteiger partial charge is 0.312 e. The highest BCUT2D eigenvalue weighted by atomic mass is 16.2. The highest BCUT2D eigenvalue weighted by Gasteiger charge is 2.28. The van der Waals surface area contributed by atoms with E-state index in [0.29, 0.717) is 38.5 Å². The summed E-state index contributed by atoms with van der Waals surface area (Å²) in [4.78, 5) is 38.9. The third-order valence-electron chi connectivity index (χ3n) is 4.86. The summed E-state index contributed by atoms with van der Waals surface area (Å²) >= 11 is 0. The molecule has 1 aliphatic carbocycles. The van der Waals surface area contributed by atoms with Gasteiger partial charge in [-0.2, -0.15) is 0 Å². The molecule has 1 unspecified atom stereocenters. The molecular formula is C16H28N4O3. The monoisotopic (exact) mass is 324 g/mol. The lowest BCUT2D eigenvalue weighted by molar-refractivity contribution is -0.141. The van der Waals surface area contributed by atoms with E-state index in [1.807, 2.05) is 4.90 Å². The Morgan fingerprint density at radius 1 is 1.04 bits per heavy atom. The van der Waals surface area contributed by atoms with Crippen LogP contribution in [-0.4, -0.2) is 59.9 Å². The third-order valence-corrected chi connectivity index (χ3v) is 4.86. The lowest BCUT2D eigenvalue weighted by Crippen LogP contribution is -2.55. The number of rotatable bonds is 4. The van der Waals surface area contributed by atoms with E-state index in [2.05, 4.69) is 5.32 Å². The minimum absolute atomic E-state index is 0.150. The number of amides is 4. The molecule has 4 amide bonds. The molecule has 7 nitrogen and oxygen atoms in total. The van der Waals surface area contributed by atoms with E-state index in [0.717, 1.165) is 0 Å². The summed E-state index contributed by atoms with van der Waals surface area (Å²) in [5.41, 5.74) is 5.04. The molecular weight excluding hydrogens is 296 g/mol. The van der Waals surface area contributed by atoms with E-state index < -0.39 is 12.1 Å². The van der Waals surface area contributed by atoms with Gasteiger partial charge in [0.15, 0.2) is 0 Å². The van der Waals surface area contributed by atoms with Gasteiger partial charge in [0.05, 0.1) is 0 Å². The number of hydrogen-bond acceptors (Lipinski definition) is 3. The van der Waals surface area contributed by atoms with Crippen LogP contribution >= 0.6 is 0 Å². The fourth-order valence-corrected chi connectivity index (χ4v) is 3.49. The van der Waals surface area contributed by atoms with Crippen LogP contribution in [0.1, 0.15) is 45.4 Å². The van der Waals surface area contributed by atoms with Gasteiger partial charge in [-0.25, -0.2) is 4.79 Å². The second-order valence-electron chi connectivity index (χ2n) is 6.64. The fraction of sp³-hybridized carbons (Fsp3) is 0.812. The molecule has 1 heterocycles. The first kappa shape index (κ1) is 17.6. The van der Waals surface area contributed by atoms with Crippen molar-refractivity contribution in [2.24, 2.45) is 11.7 Å². The summed E-state index contributed by atoms with van der Waals surface area (Å²) in [7, 11) is 0. The van der Waals surface area contributed by atoms with E-state index in [1.165, 1.54) is 32.1 Å². The summed E-state index contributed by atoms with van der Waals surface area (Å²) in [5.74, 6) is 0.603. The Kier molecular flexibility index (Phi) is 6.24. The molecule has 7 heteroatoms. The maximum absolute atomic E-state index is 12.4. The summed E-state index contributed by atoms with van der Waals surface area (Å²) < 4.78 is 0. The summed E-state index contributed by atoms with van der Waals surface area (Å²) in [6, 6.07) is -1.33. The van der Waals surface area contributed by atoms with Crippen molar-refractivity contribution in [2.75, 3.05) is 26.2 Å². The molecule has 1 saturated carbocycles. The van der Waals surface area contributed by atoms with Crippen LogP contribution in [0.4, 0.5) is 4.79 Å². The first-order chi connectivity index (χ1) is 11.0. The Bertz CT molecular complexity index is 441. The summed E-state index contributed by atoms with van der Waals surface area (Å²) in [6.07, 6.45) is 6.76. The number of urea groups is 1. The molecule has 23 heavy (non-hydrogen) atoms. The quantitative estimate of drug-likeness (QED) is 0.796. The molecule has 1 atom stereocenters. The third kappa shape index (κ3) is 5.11. The summed E-state index contributed by atoms with van der Waals surface area (Å²) in [6.45, 7) is 3.79. The number of carbonyl (C=O) groups excluding carboxylic acids is 3. The molecule has 2 rings (SSSR count). The maximum Gasteiger partial charge on any atom is 0.312 e. The van der Waals surface area contributed by atoms with Gasteiger partial charge in [0.25, 0.3) is 0 Å². The average Bonchev–Trinajstić information content (AvgIpc) is 2.54. The second-order valence-corrected chi connectivity index (χ2v) is 6.64. The molecule has 2 fully saturated rings. The van der Waals surface area contributed by atoms with Crippen LogP contribution in [0.15, 0.2) is 0 Å². The van der Waals surface area contributed by atoms with Crippen LogP contribution in [0.2, 0.25) is 0 Å². The van der Waals surface area contributed by atoms with Crippen molar-refractivity contribution < 1.29 is 14.4 Å². The van der Waals surface area contributed by atoms with E-state index >= 15 is 0 Å². The van der Waals surface area contributed by atoms with E-state index in [4.69, 9.17) is 5.73 Å². The van der Waals surface area contributed by atoms with Crippen LogP contribution in [0.25, 0.3) is 0 Å². The van der Waals surface area contributed by atoms with E-state index in [1.54, 1.807) is 11.8 Å². The highest BCUT2D eigenvalue weighted by molar-refractivity contribution is 5.86. The van der Waals surface area contributed by atoms with Gasteiger partial charge in [0.2, 0.25) is 11.8 Å². The molecule has 0 bridgehead atoms. The lowest BCUT2D eigenvalue weighted by atomic mass is 9.86. The van der Waals surface area contributed by atoms with E-state index in [9.17, 15) is 14.4 Å². The van der Waals surface area contributed by atoms with Crippen LogP contribution < -0.4 is 11.1 Å². The molecule has 1 aliphatic heterocycles. The number of nitrogens with zero attached hydrogens (tertiary/aromatic N) is 2. The van der Waals surface area contributed by atoms with Gasteiger partial charge < -0.3 is 20.9 Å². The number of carbonyl (C=O) groups is 3. The van der Waals surface area contributed by atoms with Crippen molar-refractivity contribution in [1.29, 1.82) is 0 Å². The number of hydrogen-bond donors (Lipinski definition) is 2. The van der Waals surface area contributed by atoms with Gasteiger partial charge in [-0.1, -0.05) is 19.3 Å². The van der Waals surface area contributed by atoms with Crippen LogP contribution in [0.5, 0.6) is 0 Å². The zero-order valence-corrected chi connectivity index (χ0v) is 13.9. The molecule has 0 aromatic carbocycles. The molecule has 0 aromatic heterocycles. The van der Waals surface area contributed by atoms with Crippen LogP contribution in [-0.2, 0) is 9.59 Å². The molecule has 0 radical (unpaired) electrons. The zero-order valence-electron chi connectivity index (χ0n) is 13.9. The van der Waals surface area contributed by atoms with Gasteiger partial charge in [-0.15, -0.1) is 0 Å².